The first-order chi connectivity index (χ1) is 9.88. The zero-order chi connectivity index (χ0) is 15.5. The molecule has 0 aliphatic carbocycles. The number of hydrogen-bond acceptors (Lipinski definition) is 4. The minimum absolute atomic E-state index is 0.248. The van der Waals surface area contributed by atoms with E-state index in [1.54, 1.807) is 12.1 Å². The molecule has 112 valence electrons. The summed E-state index contributed by atoms with van der Waals surface area (Å²) < 4.78 is 41.0. The van der Waals surface area contributed by atoms with Crippen LogP contribution in [0, 0.1) is 5.82 Å². The zero-order valence-electron chi connectivity index (χ0n) is 10.9. The molecule has 0 atom stereocenters. The van der Waals surface area contributed by atoms with Crippen molar-refractivity contribution in [3.05, 3.63) is 53.7 Å². The molecule has 0 spiro atoms. The van der Waals surface area contributed by atoms with Crippen LogP contribution in [0.3, 0.4) is 0 Å². The molecule has 0 saturated carbocycles. The maximum absolute atomic E-state index is 13.7. The highest BCUT2D eigenvalue weighted by Gasteiger charge is 2.15. The van der Waals surface area contributed by atoms with Crippen LogP contribution < -0.4 is 10.5 Å². The molecular weight excluding hydrogens is 299 g/mol. The van der Waals surface area contributed by atoms with Crippen molar-refractivity contribution in [2.75, 3.05) is 6.54 Å². The predicted molar refractivity (Wildman–Crippen MR) is 72.5 cm³/mol. The van der Waals surface area contributed by atoms with Gasteiger partial charge in [0.25, 0.3) is 5.91 Å². The molecule has 0 bridgehead atoms. The average molecular weight is 312 g/mol. The molecule has 21 heavy (non-hydrogen) atoms. The highest BCUT2D eigenvalue weighted by Crippen LogP contribution is 2.13. The van der Waals surface area contributed by atoms with Crippen LogP contribution in [-0.2, 0) is 16.4 Å². The SMILES string of the molecule is NS(=O)(=O)c1ccc(C(=O)NCCc2ccco2)c(F)c1. The molecule has 0 aliphatic heterocycles. The molecule has 0 unspecified atom stereocenters. The minimum atomic E-state index is -4.00. The Morgan fingerprint density at radius 3 is 2.67 bits per heavy atom. The Balaban J connectivity index is 2.02. The Morgan fingerprint density at radius 2 is 2.10 bits per heavy atom. The number of sulfonamides is 1. The molecule has 1 heterocycles. The second kappa shape index (κ2) is 6.06. The monoisotopic (exact) mass is 312 g/mol. The molecule has 2 aromatic rings. The zero-order valence-corrected chi connectivity index (χ0v) is 11.7. The molecule has 0 saturated heterocycles. The Kier molecular flexibility index (Phi) is 4.39. The number of hydrogen-bond donors (Lipinski definition) is 2. The van der Waals surface area contributed by atoms with E-state index in [1.807, 2.05) is 0 Å². The van der Waals surface area contributed by atoms with Crippen LogP contribution in [-0.4, -0.2) is 20.9 Å². The molecule has 2 rings (SSSR count). The van der Waals surface area contributed by atoms with Crippen molar-refractivity contribution in [1.29, 1.82) is 0 Å². The lowest BCUT2D eigenvalue weighted by Crippen LogP contribution is -2.26. The summed E-state index contributed by atoms with van der Waals surface area (Å²) in [5, 5.41) is 7.40. The fourth-order valence-corrected chi connectivity index (χ4v) is 2.23. The molecule has 8 heteroatoms. The lowest BCUT2D eigenvalue weighted by Gasteiger charge is -2.06. The Hall–Kier alpha value is -2.19. The van der Waals surface area contributed by atoms with Crippen molar-refractivity contribution in [2.24, 2.45) is 5.14 Å². The summed E-state index contributed by atoms with van der Waals surface area (Å²) in [7, 11) is -4.00. The van der Waals surface area contributed by atoms with Crippen molar-refractivity contribution in [1.82, 2.24) is 5.32 Å². The van der Waals surface area contributed by atoms with Gasteiger partial charge in [-0.05, 0) is 30.3 Å². The van der Waals surface area contributed by atoms with Gasteiger partial charge < -0.3 is 9.73 Å². The molecule has 3 N–H and O–H groups in total. The smallest absolute Gasteiger partial charge is 0.254 e. The van der Waals surface area contributed by atoms with Crippen molar-refractivity contribution in [2.45, 2.75) is 11.3 Å². The highest BCUT2D eigenvalue weighted by atomic mass is 32.2. The van der Waals surface area contributed by atoms with E-state index in [1.165, 1.54) is 6.26 Å². The quantitative estimate of drug-likeness (QED) is 0.861. The first-order valence-electron chi connectivity index (χ1n) is 6.01. The van der Waals surface area contributed by atoms with E-state index in [2.05, 4.69) is 5.32 Å². The normalized spacial score (nSPS) is 11.3. The van der Waals surface area contributed by atoms with E-state index in [0.717, 1.165) is 18.2 Å². The minimum Gasteiger partial charge on any atom is -0.469 e. The molecule has 0 aliphatic rings. The molecule has 1 aromatic heterocycles. The van der Waals surface area contributed by atoms with Gasteiger partial charge in [-0.1, -0.05) is 0 Å². The van der Waals surface area contributed by atoms with Gasteiger partial charge in [-0.15, -0.1) is 0 Å². The predicted octanol–water partition coefficient (Wildman–Crippen LogP) is 1.04. The van der Waals surface area contributed by atoms with Crippen LogP contribution in [0.4, 0.5) is 4.39 Å². The van der Waals surface area contributed by atoms with Crippen LogP contribution in [0.5, 0.6) is 0 Å². The molecule has 0 radical (unpaired) electrons. The standard InChI is InChI=1S/C13H13FN2O4S/c14-12-8-10(21(15,18)19)3-4-11(12)13(17)16-6-5-9-2-1-7-20-9/h1-4,7-8H,5-6H2,(H,16,17)(H2,15,18,19). The number of rotatable bonds is 5. The Bertz CT molecular complexity index is 742. The van der Waals surface area contributed by atoms with Gasteiger partial charge in [-0.2, -0.15) is 0 Å². The van der Waals surface area contributed by atoms with Crippen molar-refractivity contribution < 1.29 is 22.0 Å². The number of nitrogens with one attached hydrogen (secondary N) is 1. The maximum Gasteiger partial charge on any atom is 0.254 e. The third-order valence-electron chi connectivity index (χ3n) is 2.75. The van der Waals surface area contributed by atoms with Crippen molar-refractivity contribution in [3.8, 4) is 0 Å². The van der Waals surface area contributed by atoms with Gasteiger partial charge in [-0.3, -0.25) is 4.79 Å². The van der Waals surface area contributed by atoms with Crippen LogP contribution in [0.1, 0.15) is 16.1 Å². The number of halogens is 1. The number of primary sulfonamides is 1. The van der Waals surface area contributed by atoms with E-state index >= 15 is 0 Å². The lowest BCUT2D eigenvalue weighted by molar-refractivity contribution is 0.0949. The number of amides is 1. The molecule has 6 nitrogen and oxygen atoms in total. The summed E-state index contributed by atoms with van der Waals surface area (Å²) in [6.45, 7) is 0.267. The summed E-state index contributed by atoms with van der Waals surface area (Å²) in [4.78, 5) is 11.4. The molecule has 1 aromatic carbocycles. The van der Waals surface area contributed by atoms with Gasteiger partial charge >= 0.3 is 0 Å². The third kappa shape index (κ3) is 3.89. The summed E-state index contributed by atoms with van der Waals surface area (Å²) in [5.74, 6) is -0.891. The van der Waals surface area contributed by atoms with E-state index in [-0.39, 0.29) is 17.0 Å². The molecule has 1 amide bonds. The summed E-state index contributed by atoms with van der Waals surface area (Å²) in [6, 6.07) is 6.37. The lowest BCUT2D eigenvalue weighted by atomic mass is 10.2. The number of carbonyl (C=O) groups is 1. The van der Waals surface area contributed by atoms with Crippen molar-refractivity contribution in [3.63, 3.8) is 0 Å². The van der Waals surface area contributed by atoms with E-state index in [0.29, 0.717) is 12.2 Å². The van der Waals surface area contributed by atoms with Gasteiger partial charge in [0, 0.05) is 13.0 Å². The van der Waals surface area contributed by atoms with Crippen LogP contribution in [0.2, 0.25) is 0 Å². The Morgan fingerprint density at radius 1 is 1.33 bits per heavy atom. The van der Waals surface area contributed by atoms with E-state index in [4.69, 9.17) is 9.56 Å². The summed E-state index contributed by atoms with van der Waals surface area (Å²) in [6.07, 6.45) is 1.98. The second-order valence-electron chi connectivity index (χ2n) is 4.27. The number of carbonyl (C=O) groups excluding carboxylic acids is 1. The number of furan rings is 1. The van der Waals surface area contributed by atoms with Gasteiger partial charge in [0.15, 0.2) is 0 Å². The Labute approximate surface area is 120 Å². The third-order valence-corrected chi connectivity index (χ3v) is 3.66. The second-order valence-corrected chi connectivity index (χ2v) is 5.83. The number of nitrogens with two attached hydrogens (primary N) is 1. The first-order valence-corrected chi connectivity index (χ1v) is 7.55. The van der Waals surface area contributed by atoms with Gasteiger partial charge in [0.1, 0.15) is 11.6 Å². The molecule has 0 fully saturated rings. The van der Waals surface area contributed by atoms with E-state index in [9.17, 15) is 17.6 Å². The van der Waals surface area contributed by atoms with Crippen LogP contribution in [0.25, 0.3) is 0 Å². The molecular formula is C13H13FN2O4S. The van der Waals surface area contributed by atoms with Crippen molar-refractivity contribution >= 4 is 15.9 Å². The topological polar surface area (TPSA) is 102 Å². The summed E-state index contributed by atoms with van der Waals surface area (Å²) >= 11 is 0. The van der Waals surface area contributed by atoms with Crippen LogP contribution in [0.15, 0.2) is 45.9 Å². The van der Waals surface area contributed by atoms with Gasteiger partial charge in [0.2, 0.25) is 10.0 Å². The largest absolute Gasteiger partial charge is 0.469 e. The first kappa shape index (κ1) is 15.2. The summed E-state index contributed by atoms with van der Waals surface area (Å²) in [5.41, 5.74) is -0.248. The maximum atomic E-state index is 13.7. The fourth-order valence-electron chi connectivity index (χ4n) is 1.71. The van der Waals surface area contributed by atoms with Gasteiger partial charge in [0.05, 0.1) is 16.7 Å². The fraction of sp³-hybridized carbons (Fsp3) is 0.154. The van der Waals surface area contributed by atoms with E-state index < -0.39 is 21.7 Å². The van der Waals surface area contributed by atoms with Crippen LogP contribution >= 0.6 is 0 Å². The van der Waals surface area contributed by atoms with Gasteiger partial charge in [-0.25, -0.2) is 17.9 Å². The highest BCUT2D eigenvalue weighted by molar-refractivity contribution is 7.89. The average Bonchev–Trinajstić information content (AvgIpc) is 2.90. The number of benzene rings is 1.